The number of hydrogen-bond donors (Lipinski definition) is 2. The molecule has 0 atom stereocenters. The molecule has 1 aromatic heterocycles. The van der Waals surface area contributed by atoms with Gasteiger partial charge in [-0.1, -0.05) is 11.6 Å². The van der Waals surface area contributed by atoms with Gasteiger partial charge >= 0.3 is 0 Å². The van der Waals surface area contributed by atoms with E-state index in [0.29, 0.717) is 5.56 Å². The maximum Gasteiger partial charge on any atom is 0.286 e. The summed E-state index contributed by atoms with van der Waals surface area (Å²) in [5, 5.41) is 26.6. The first kappa shape index (κ1) is 16.9. The van der Waals surface area contributed by atoms with E-state index < -0.39 is 15.9 Å². The molecule has 0 spiro atoms. The van der Waals surface area contributed by atoms with E-state index in [4.69, 9.17) is 21.8 Å². The van der Waals surface area contributed by atoms with Crippen LogP contribution >= 0.6 is 11.6 Å². The number of benzene rings is 1. The number of rotatable bonds is 5. The molecule has 0 amide bonds. The van der Waals surface area contributed by atoms with E-state index >= 15 is 0 Å². The average Bonchev–Trinajstić information content (AvgIpc) is 2.95. The van der Waals surface area contributed by atoms with Crippen LogP contribution in [0.25, 0.3) is 11.3 Å². The minimum Gasteiger partial charge on any atom is -0.455 e. The first-order valence-corrected chi connectivity index (χ1v) is 6.56. The molecule has 0 unspecified atom stereocenters. The summed E-state index contributed by atoms with van der Waals surface area (Å²) in [6.07, 6.45) is 1.19. The molecular weight excluding hydrogens is 344 g/mol. The lowest BCUT2D eigenvalue weighted by Crippen LogP contribution is -2.28. The average molecular weight is 353 g/mol. The molecule has 0 radical (unpaired) electrons. The van der Waals surface area contributed by atoms with Crippen LogP contribution in [-0.4, -0.2) is 22.1 Å². The molecule has 0 aliphatic carbocycles. The molecule has 0 aliphatic rings. The van der Waals surface area contributed by atoms with Gasteiger partial charge in [0.25, 0.3) is 11.6 Å². The van der Waals surface area contributed by atoms with Crippen molar-refractivity contribution in [3.8, 4) is 11.3 Å². The van der Waals surface area contributed by atoms with Crippen molar-refractivity contribution in [1.82, 2.24) is 5.43 Å². The quantitative estimate of drug-likeness (QED) is 0.359. The molecule has 2 rings (SSSR count). The summed E-state index contributed by atoms with van der Waals surface area (Å²) in [5.74, 6) is 0.0378. The second kappa shape index (κ2) is 7.19. The molecule has 0 saturated carbocycles. The van der Waals surface area contributed by atoms with Crippen LogP contribution in [0.4, 0.5) is 5.69 Å². The highest BCUT2D eigenvalue weighted by Crippen LogP contribution is 2.32. The maximum atomic E-state index is 10.8. The largest absolute Gasteiger partial charge is 0.455 e. The smallest absolute Gasteiger partial charge is 0.286 e. The molecule has 1 heterocycles. The summed E-state index contributed by atoms with van der Waals surface area (Å²) in [6, 6.07) is 7.01. The number of furan rings is 1. The van der Waals surface area contributed by atoms with E-state index in [1.54, 1.807) is 6.07 Å². The van der Waals surface area contributed by atoms with Gasteiger partial charge in [0.15, 0.2) is 5.03 Å². The highest BCUT2D eigenvalue weighted by atomic mass is 35.5. The van der Waals surface area contributed by atoms with Crippen LogP contribution in [0, 0.1) is 20.2 Å². The molecule has 11 nitrogen and oxygen atoms in total. The fourth-order valence-corrected chi connectivity index (χ4v) is 1.87. The van der Waals surface area contributed by atoms with Gasteiger partial charge in [-0.05, 0) is 18.2 Å². The normalized spacial score (nSPS) is 11.6. The fraction of sp³-hybridized carbons (Fsp3) is 0. The van der Waals surface area contributed by atoms with Crippen LogP contribution in [0.3, 0.4) is 0 Å². The highest BCUT2D eigenvalue weighted by Gasteiger charge is 2.14. The predicted molar refractivity (Wildman–Crippen MR) is 85.2 cm³/mol. The molecule has 2 aromatic rings. The summed E-state index contributed by atoms with van der Waals surface area (Å²) in [7, 11) is 0. The van der Waals surface area contributed by atoms with Crippen LogP contribution in [0.1, 0.15) is 5.76 Å². The maximum absolute atomic E-state index is 10.8. The number of hydrazone groups is 2. The minimum absolute atomic E-state index is 0.133. The van der Waals surface area contributed by atoms with E-state index in [0.717, 1.165) is 0 Å². The number of nitrogens with two attached hydrogens (primary N) is 1. The highest BCUT2D eigenvalue weighted by molar-refractivity contribution is 6.33. The number of guanidine groups is 1. The van der Waals surface area contributed by atoms with Crippen molar-refractivity contribution in [2.45, 2.75) is 0 Å². The monoisotopic (exact) mass is 352 g/mol. The number of nitro benzene ring substituents is 1. The van der Waals surface area contributed by atoms with Crippen molar-refractivity contribution < 1.29 is 14.4 Å². The molecule has 12 heteroatoms. The van der Waals surface area contributed by atoms with Crippen molar-refractivity contribution in [2.24, 2.45) is 15.9 Å². The molecular formula is C12H9ClN6O5. The van der Waals surface area contributed by atoms with Crippen molar-refractivity contribution in [1.29, 1.82) is 0 Å². The number of nitro groups is 2. The zero-order valence-corrected chi connectivity index (χ0v) is 12.5. The van der Waals surface area contributed by atoms with E-state index in [1.165, 1.54) is 30.5 Å². The van der Waals surface area contributed by atoms with Crippen molar-refractivity contribution >= 4 is 29.5 Å². The number of nitrogens with zero attached hydrogens (tertiary/aromatic N) is 4. The molecule has 0 bridgehead atoms. The Morgan fingerprint density at radius 1 is 1.29 bits per heavy atom. The van der Waals surface area contributed by atoms with Gasteiger partial charge < -0.3 is 10.2 Å². The second-order valence-corrected chi connectivity index (χ2v) is 4.62. The van der Waals surface area contributed by atoms with Gasteiger partial charge in [0, 0.05) is 17.7 Å². The topological polar surface area (TPSA) is 162 Å². The van der Waals surface area contributed by atoms with Crippen LogP contribution < -0.4 is 11.2 Å². The fourth-order valence-electron chi connectivity index (χ4n) is 1.65. The summed E-state index contributed by atoms with van der Waals surface area (Å²) >= 11 is 6.01. The van der Waals surface area contributed by atoms with Crippen LogP contribution in [0.2, 0.25) is 5.02 Å². The van der Waals surface area contributed by atoms with Gasteiger partial charge in [-0.3, -0.25) is 10.1 Å². The SMILES string of the molecule is NC(=N[N+](=O)[O-])NN=Cc1ccc(-c2cc([N+](=O)[O-])ccc2Cl)o1. The lowest BCUT2D eigenvalue weighted by molar-refractivity contribution is -0.485. The number of halogens is 1. The Labute approximate surface area is 138 Å². The van der Waals surface area contributed by atoms with E-state index in [1.807, 2.05) is 0 Å². The molecule has 3 N–H and O–H groups in total. The molecule has 0 saturated heterocycles. The molecule has 0 aliphatic heterocycles. The van der Waals surface area contributed by atoms with Gasteiger partial charge in [-0.25, -0.2) is 15.5 Å². The van der Waals surface area contributed by atoms with Crippen LogP contribution in [0.5, 0.6) is 0 Å². The first-order chi connectivity index (χ1) is 11.4. The van der Waals surface area contributed by atoms with Gasteiger partial charge in [0.2, 0.25) is 0 Å². The van der Waals surface area contributed by atoms with E-state index in [-0.39, 0.29) is 22.2 Å². The third-order valence-corrected chi connectivity index (χ3v) is 2.94. The Hall–Kier alpha value is -3.47. The number of hydrogen-bond acceptors (Lipinski definition) is 6. The van der Waals surface area contributed by atoms with Gasteiger partial charge in [-0.15, -0.1) is 0 Å². The van der Waals surface area contributed by atoms with Crippen molar-refractivity contribution in [3.63, 3.8) is 0 Å². The second-order valence-electron chi connectivity index (χ2n) is 4.22. The zero-order chi connectivity index (χ0) is 17.7. The molecule has 0 fully saturated rings. The first-order valence-electron chi connectivity index (χ1n) is 6.18. The van der Waals surface area contributed by atoms with Crippen molar-refractivity contribution in [3.05, 3.63) is 61.3 Å². The molecule has 1 aromatic carbocycles. The standard InChI is InChI=1S/C12H9ClN6O5/c13-10-3-1-7(18(20)21)5-9(10)11-4-2-8(24-11)6-15-16-12(14)17-19(22)23/h1-6H,(H3,14,16,17). The van der Waals surface area contributed by atoms with E-state index in [2.05, 4.69) is 15.6 Å². The molecule has 124 valence electrons. The summed E-state index contributed by atoms with van der Waals surface area (Å²) in [4.78, 5) is 20.3. The van der Waals surface area contributed by atoms with Crippen LogP contribution in [-0.2, 0) is 0 Å². The Bertz CT molecular complexity index is 846. The third kappa shape index (κ3) is 4.27. The lowest BCUT2D eigenvalue weighted by Gasteiger charge is -2.00. The van der Waals surface area contributed by atoms with Gasteiger partial charge in [0.1, 0.15) is 16.6 Å². The predicted octanol–water partition coefficient (Wildman–Crippen LogP) is 1.94. The zero-order valence-electron chi connectivity index (χ0n) is 11.7. The summed E-state index contributed by atoms with van der Waals surface area (Å²) in [5.41, 5.74) is 7.51. The third-order valence-electron chi connectivity index (χ3n) is 2.61. The Kier molecular flexibility index (Phi) is 5.06. The Morgan fingerprint density at radius 2 is 2.04 bits per heavy atom. The number of non-ortho nitro benzene ring substituents is 1. The lowest BCUT2D eigenvalue weighted by atomic mass is 10.1. The van der Waals surface area contributed by atoms with Crippen molar-refractivity contribution in [2.75, 3.05) is 0 Å². The van der Waals surface area contributed by atoms with E-state index in [9.17, 15) is 20.2 Å². The molecule has 24 heavy (non-hydrogen) atoms. The summed E-state index contributed by atoms with van der Waals surface area (Å²) < 4.78 is 5.44. The van der Waals surface area contributed by atoms with Gasteiger partial charge in [-0.2, -0.15) is 5.10 Å². The minimum atomic E-state index is -0.979. The van der Waals surface area contributed by atoms with Gasteiger partial charge in [0.05, 0.1) is 16.2 Å². The number of nitrogens with one attached hydrogen (secondary N) is 1. The summed E-state index contributed by atoms with van der Waals surface area (Å²) in [6.45, 7) is 0. The van der Waals surface area contributed by atoms with Crippen LogP contribution in [0.15, 0.2) is 45.0 Å². The Balaban J connectivity index is 2.18. The Morgan fingerprint density at radius 3 is 2.71 bits per heavy atom.